The molecule has 1 nitrogen and oxygen atoms in total. The van der Waals surface area contributed by atoms with E-state index in [9.17, 15) is 22.0 Å². The summed E-state index contributed by atoms with van der Waals surface area (Å²) in [5.74, 6) is -3.39. The molecule has 0 aliphatic heterocycles. The Labute approximate surface area is 89.0 Å². The molecule has 0 amide bonds. The summed E-state index contributed by atoms with van der Waals surface area (Å²) in [6.45, 7) is 0. The maximum absolute atomic E-state index is 12.9. The van der Waals surface area contributed by atoms with Crippen LogP contribution in [0.25, 0.3) is 0 Å². The second-order valence-corrected chi connectivity index (χ2v) is 3.41. The molecule has 0 bridgehead atoms. The Morgan fingerprint density at radius 3 is 2.21 bits per heavy atom. The van der Waals surface area contributed by atoms with E-state index in [1.54, 1.807) is 0 Å². The van der Waals surface area contributed by atoms with Crippen LogP contribution in [0.15, 0.2) is 12.1 Å². The van der Waals surface area contributed by atoms with Gasteiger partial charge in [0.05, 0.1) is 3.57 Å². The van der Waals surface area contributed by atoms with Crippen LogP contribution >= 0.6 is 22.6 Å². The number of hydrogen-bond acceptors (Lipinski definition) is 1. The normalized spacial score (nSPS) is 11.6. The van der Waals surface area contributed by atoms with Crippen molar-refractivity contribution in [3.63, 3.8) is 0 Å². The molecule has 1 rings (SSSR count). The van der Waals surface area contributed by atoms with Crippen LogP contribution in [0.1, 0.15) is 0 Å². The van der Waals surface area contributed by atoms with Gasteiger partial charge in [-0.15, -0.1) is 13.2 Å². The highest BCUT2D eigenvalue weighted by molar-refractivity contribution is 14.1. The largest absolute Gasteiger partial charge is 0.573 e. The first-order chi connectivity index (χ1) is 6.29. The molecule has 0 unspecified atom stereocenters. The van der Waals surface area contributed by atoms with Gasteiger partial charge in [0, 0.05) is 6.07 Å². The van der Waals surface area contributed by atoms with E-state index in [4.69, 9.17) is 0 Å². The van der Waals surface area contributed by atoms with Gasteiger partial charge in [0.1, 0.15) is 5.82 Å². The molecule has 1 aromatic rings. The standard InChI is InChI=1S/C7H2F5IO/c8-3-1-4(13)6(9)5(2-3)14-7(10,11)12/h1-2H. The third kappa shape index (κ3) is 2.96. The van der Waals surface area contributed by atoms with Crippen LogP contribution in [-0.4, -0.2) is 6.36 Å². The zero-order valence-corrected chi connectivity index (χ0v) is 8.49. The maximum Gasteiger partial charge on any atom is 0.573 e. The predicted molar refractivity (Wildman–Crippen MR) is 45.8 cm³/mol. The molecule has 0 radical (unpaired) electrons. The van der Waals surface area contributed by atoms with E-state index in [0.717, 1.165) is 6.07 Å². The quantitative estimate of drug-likeness (QED) is 0.437. The number of benzene rings is 1. The topological polar surface area (TPSA) is 9.23 Å². The number of ether oxygens (including phenoxy) is 1. The minimum absolute atomic E-state index is 0.276. The van der Waals surface area contributed by atoms with Crippen molar-refractivity contribution in [1.82, 2.24) is 0 Å². The monoisotopic (exact) mass is 324 g/mol. The first-order valence-electron chi connectivity index (χ1n) is 3.20. The Bertz CT molecular complexity index is 349. The Hall–Kier alpha value is -0.600. The molecule has 0 fully saturated rings. The fourth-order valence-electron chi connectivity index (χ4n) is 0.731. The molecule has 0 aliphatic rings. The van der Waals surface area contributed by atoms with Crippen molar-refractivity contribution in [2.24, 2.45) is 0 Å². The van der Waals surface area contributed by atoms with Gasteiger partial charge in [-0.1, -0.05) is 0 Å². The smallest absolute Gasteiger partial charge is 0.402 e. The van der Waals surface area contributed by atoms with Gasteiger partial charge < -0.3 is 4.74 Å². The van der Waals surface area contributed by atoms with Crippen molar-refractivity contribution in [2.75, 3.05) is 0 Å². The van der Waals surface area contributed by atoms with Gasteiger partial charge in [-0.05, 0) is 28.7 Å². The lowest BCUT2D eigenvalue weighted by atomic mass is 10.3. The summed E-state index contributed by atoms with van der Waals surface area (Å²) in [5, 5.41) is 0. The van der Waals surface area contributed by atoms with Gasteiger partial charge in [0.25, 0.3) is 0 Å². The van der Waals surface area contributed by atoms with E-state index in [1.807, 2.05) is 0 Å². The van der Waals surface area contributed by atoms with Gasteiger partial charge in [0.2, 0.25) is 0 Å². The molecule has 78 valence electrons. The third-order valence-corrected chi connectivity index (χ3v) is 1.97. The van der Waals surface area contributed by atoms with E-state index in [1.165, 1.54) is 22.6 Å². The summed E-state index contributed by atoms with van der Waals surface area (Å²) >= 11 is 1.36. The lowest BCUT2D eigenvalue weighted by Gasteiger charge is -2.10. The molecule has 14 heavy (non-hydrogen) atoms. The lowest BCUT2D eigenvalue weighted by molar-refractivity contribution is -0.275. The van der Waals surface area contributed by atoms with Crippen LogP contribution in [0.3, 0.4) is 0 Å². The van der Waals surface area contributed by atoms with Gasteiger partial charge in [0.15, 0.2) is 11.6 Å². The Morgan fingerprint density at radius 1 is 1.14 bits per heavy atom. The van der Waals surface area contributed by atoms with Gasteiger partial charge in [-0.2, -0.15) is 0 Å². The summed E-state index contributed by atoms with van der Waals surface area (Å²) in [4.78, 5) is 0. The Morgan fingerprint density at radius 2 is 1.71 bits per heavy atom. The summed E-state index contributed by atoms with van der Waals surface area (Å²) in [5.41, 5.74) is 0. The van der Waals surface area contributed by atoms with Crippen LogP contribution in [0.5, 0.6) is 5.75 Å². The van der Waals surface area contributed by atoms with E-state index in [2.05, 4.69) is 4.74 Å². The van der Waals surface area contributed by atoms with E-state index >= 15 is 0 Å². The van der Waals surface area contributed by atoms with Crippen molar-refractivity contribution < 1.29 is 26.7 Å². The Balaban J connectivity index is 3.09. The summed E-state index contributed by atoms with van der Waals surface area (Å²) in [6.07, 6.45) is -5.03. The van der Waals surface area contributed by atoms with Crippen LogP contribution in [-0.2, 0) is 0 Å². The first kappa shape index (κ1) is 11.5. The molecule has 7 heteroatoms. The lowest BCUT2D eigenvalue weighted by Crippen LogP contribution is -2.18. The number of rotatable bonds is 1. The molecule has 0 saturated heterocycles. The van der Waals surface area contributed by atoms with Crippen molar-refractivity contribution in [3.05, 3.63) is 27.3 Å². The average Bonchev–Trinajstić information content (AvgIpc) is 1.96. The SMILES string of the molecule is Fc1cc(I)c(F)c(OC(F)(F)F)c1. The van der Waals surface area contributed by atoms with Crippen LogP contribution in [0.2, 0.25) is 0 Å². The minimum atomic E-state index is -5.03. The van der Waals surface area contributed by atoms with Crippen LogP contribution in [0.4, 0.5) is 22.0 Å². The van der Waals surface area contributed by atoms with Crippen molar-refractivity contribution >= 4 is 22.6 Å². The zero-order chi connectivity index (χ0) is 10.9. The molecular weight excluding hydrogens is 322 g/mol. The Kier molecular flexibility index (Phi) is 3.17. The second-order valence-electron chi connectivity index (χ2n) is 2.25. The highest BCUT2D eigenvalue weighted by Crippen LogP contribution is 2.28. The summed E-state index contributed by atoms with van der Waals surface area (Å²) in [6, 6.07) is 1.10. The van der Waals surface area contributed by atoms with Crippen LogP contribution in [0, 0.1) is 15.2 Å². The van der Waals surface area contributed by atoms with Crippen molar-refractivity contribution in [2.45, 2.75) is 6.36 Å². The summed E-state index contributed by atoms with van der Waals surface area (Å²) < 4.78 is 63.5. The molecule has 1 aromatic carbocycles. The predicted octanol–water partition coefficient (Wildman–Crippen LogP) is 3.47. The van der Waals surface area contributed by atoms with Crippen molar-refractivity contribution in [1.29, 1.82) is 0 Å². The fraction of sp³-hybridized carbons (Fsp3) is 0.143. The molecular formula is C7H2F5IO. The van der Waals surface area contributed by atoms with Gasteiger partial charge in [-0.3, -0.25) is 0 Å². The second kappa shape index (κ2) is 3.87. The molecule has 0 saturated carbocycles. The first-order valence-corrected chi connectivity index (χ1v) is 4.28. The average molecular weight is 324 g/mol. The fourth-order valence-corrected chi connectivity index (χ4v) is 1.29. The van der Waals surface area contributed by atoms with Gasteiger partial charge >= 0.3 is 6.36 Å². The van der Waals surface area contributed by atoms with E-state index in [0.29, 0.717) is 6.07 Å². The molecule has 0 aromatic heterocycles. The maximum atomic E-state index is 12.9. The van der Waals surface area contributed by atoms with Gasteiger partial charge in [-0.25, -0.2) is 8.78 Å². The molecule has 0 heterocycles. The zero-order valence-electron chi connectivity index (χ0n) is 6.33. The minimum Gasteiger partial charge on any atom is -0.402 e. The van der Waals surface area contributed by atoms with E-state index in [-0.39, 0.29) is 3.57 Å². The number of alkyl halides is 3. The summed E-state index contributed by atoms with van der Waals surface area (Å²) in [7, 11) is 0. The molecule has 0 aliphatic carbocycles. The van der Waals surface area contributed by atoms with E-state index < -0.39 is 23.7 Å². The number of hydrogen-bond donors (Lipinski definition) is 0. The highest BCUT2D eigenvalue weighted by Gasteiger charge is 2.33. The molecule has 0 atom stereocenters. The third-order valence-electron chi connectivity index (χ3n) is 1.19. The number of halogens is 6. The van der Waals surface area contributed by atoms with Crippen molar-refractivity contribution in [3.8, 4) is 5.75 Å². The molecule has 0 N–H and O–H groups in total. The van der Waals surface area contributed by atoms with Crippen LogP contribution < -0.4 is 4.74 Å². The molecule has 0 spiro atoms. The highest BCUT2D eigenvalue weighted by atomic mass is 127.